The summed E-state index contributed by atoms with van der Waals surface area (Å²) in [5, 5.41) is 2.98. The Bertz CT molecular complexity index is 722. The third-order valence-electron chi connectivity index (χ3n) is 4.64. The first-order valence-corrected chi connectivity index (χ1v) is 10.5. The van der Waals surface area contributed by atoms with E-state index < -0.39 is 9.84 Å². The number of carbonyl (C=O) groups is 2. The molecule has 1 saturated carbocycles. The number of carbonyl (C=O) groups excluding carboxylic acids is 2. The largest absolute Gasteiger partial charge is 0.353 e. The number of amides is 1. The third-order valence-corrected chi connectivity index (χ3v) is 5.75. The summed E-state index contributed by atoms with van der Waals surface area (Å²) >= 11 is 0. The van der Waals surface area contributed by atoms with E-state index in [0.717, 1.165) is 31.9 Å². The topological polar surface area (TPSA) is 106 Å². The van der Waals surface area contributed by atoms with Gasteiger partial charge in [0, 0.05) is 37.2 Å². The highest BCUT2D eigenvalue weighted by Gasteiger charge is 2.24. The zero-order valence-corrected chi connectivity index (χ0v) is 15.3. The quantitative estimate of drug-likeness (QED) is 0.714. The molecule has 0 saturated heterocycles. The van der Waals surface area contributed by atoms with Crippen LogP contribution in [0.2, 0.25) is 0 Å². The Balaban J connectivity index is 1.88. The molecule has 7 heteroatoms. The number of sulfone groups is 1. The highest BCUT2D eigenvalue weighted by Crippen LogP contribution is 2.28. The summed E-state index contributed by atoms with van der Waals surface area (Å²) < 4.78 is 23.2. The smallest absolute Gasteiger partial charge is 0.221 e. The molecule has 3 N–H and O–H groups in total. The number of rotatable bonds is 7. The van der Waals surface area contributed by atoms with Crippen molar-refractivity contribution in [1.29, 1.82) is 0 Å². The molecule has 138 valence electrons. The lowest BCUT2D eigenvalue weighted by atomic mass is 9.82. The van der Waals surface area contributed by atoms with Gasteiger partial charge >= 0.3 is 0 Å². The summed E-state index contributed by atoms with van der Waals surface area (Å²) in [7, 11) is -3.32. The van der Waals surface area contributed by atoms with Gasteiger partial charge in [-0.1, -0.05) is 12.1 Å². The van der Waals surface area contributed by atoms with Gasteiger partial charge in [0.2, 0.25) is 5.91 Å². The first-order chi connectivity index (χ1) is 11.8. The molecule has 1 fully saturated rings. The van der Waals surface area contributed by atoms with Crippen LogP contribution in [-0.2, 0) is 14.6 Å². The standard InChI is InChI=1S/C18H26N2O4S/c1-25(23,24)16-4-2-3-14(12-16)17(21)11-13-5-7-15(8-6-13)20-18(22)9-10-19/h2-4,12-13,15H,5-11,19H2,1H3,(H,20,22). The molecule has 0 bridgehead atoms. The van der Waals surface area contributed by atoms with Gasteiger partial charge in [-0.15, -0.1) is 0 Å². The molecule has 1 amide bonds. The Labute approximate surface area is 149 Å². The molecule has 0 unspecified atom stereocenters. The summed E-state index contributed by atoms with van der Waals surface area (Å²) in [5.74, 6) is 0.234. The van der Waals surface area contributed by atoms with Crippen LogP contribution in [0.4, 0.5) is 0 Å². The Morgan fingerprint density at radius 2 is 1.88 bits per heavy atom. The Hall–Kier alpha value is -1.73. The molecule has 0 atom stereocenters. The van der Waals surface area contributed by atoms with Crippen LogP contribution >= 0.6 is 0 Å². The van der Waals surface area contributed by atoms with Crippen molar-refractivity contribution in [1.82, 2.24) is 5.32 Å². The van der Waals surface area contributed by atoms with E-state index in [-0.39, 0.29) is 28.5 Å². The highest BCUT2D eigenvalue weighted by atomic mass is 32.2. The van der Waals surface area contributed by atoms with Crippen LogP contribution in [0.3, 0.4) is 0 Å². The first-order valence-electron chi connectivity index (χ1n) is 8.62. The fraction of sp³-hybridized carbons (Fsp3) is 0.556. The van der Waals surface area contributed by atoms with E-state index in [1.54, 1.807) is 12.1 Å². The Morgan fingerprint density at radius 3 is 2.48 bits per heavy atom. The minimum atomic E-state index is -3.32. The fourth-order valence-corrected chi connectivity index (χ4v) is 3.89. The molecule has 0 spiro atoms. The van der Waals surface area contributed by atoms with Gasteiger partial charge in [0.15, 0.2) is 15.6 Å². The van der Waals surface area contributed by atoms with E-state index in [4.69, 9.17) is 5.73 Å². The van der Waals surface area contributed by atoms with E-state index in [9.17, 15) is 18.0 Å². The SMILES string of the molecule is CS(=O)(=O)c1cccc(C(=O)CC2CCC(NC(=O)CCN)CC2)c1. The van der Waals surface area contributed by atoms with Gasteiger partial charge in [-0.2, -0.15) is 0 Å². The van der Waals surface area contributed by atoms with Gasteiger partial charge in [-0.25, -0.2) is 8.42 Å². The van der Waals surface area contributed by atoms with Crippen molar-refractivity contribution in [3.05, 3.63) is 29.8 Å². The molecule has 6 nitrogen and oxygen atoms in total. The average molecular weight is 366 g/mol. The predicted octanol–water partition coefficient (Wildman–Crippen LogP) is 1.69. The average Bonchev–Trinajstić information content (AvgIpc) is 2.56. The van der Waals surface area contributed by atoms with Gasteiger partial charge in [0.05, 0.1) is 4.90 Å². The molecule has 1 aliphatic rings. The second kappa shape index (κ2) is 8.58. The molecule has 2 rings (SSSR count). The van der Waals surface area contributed by atoms with Crippen LogP contribution < -0.4 is 11.1 Å². The number of nitrogens with two attached hydrogens (primary N) is 1. The van der Waals surface area contributed by atoms with E-state index in [1.165, 1.54) is 12.1 Å². The normalized spacial score (nSPS) is 20.9. The maximum atomic E-state index is 12.5. The van der Waals surface area contributed by atoms with Crippen molar-refractivity contribution >= 4 is 21.5 Å². The van der Waals surface area contributed by atoms with E-state index >= 15 is 0 Å². The molecule has 1 aliphatic carbocycles. The van der Waals surface area contributed by atoms with Gasteiger partial charge in [0.1, 0.15) is 0 Å². The lowest BCUT2D eigenvalue weighted by molar-refractivity contribution is -0.121. The highest BCUT2D eigenvalue weighted by molar-refractivity contribution is 7.90. The van der Waals surface area contributed by atoms with Gasteiger partial charge in [-0.05, 0) is 43.7 Å². The minimum absolute atomic E-state index is 0.0142. The van der Waals surface area contributed by atoms with Gasteiger partial charge < -0.3 is 11.1 Å². The van der Waals surface area contributed by atoms with Crippen molar-refractivity contribution in [2.45, 2.75) is 49.5 Å². The second-order valence-electron chi connectivity index (χ2n) is 6.75. The van der Waals surface area contributed by atoms with Gasteiger partial charge in [0.25, 0.3) is 0 Å². The van der Waals surface area contributed by atoms with Crippen molar-refractivity contribution in [3.8, 4) is 0 Å². The van der Waals surface area contributed by atoms with Crippen LogP contribution in [0.15, 0.2) is 29.2 Å². The maximum absolute atomic E-state index is 12.5. The first kappa shape index (κ1) is 19.6. The monoisotopic (exact) mass is 366 g/mol. The lowest BCUT2D eigenvalue weighted by Crippen LogP contribution is -2.38. The van der Waals surface area contributed by atoms with Crippen LogP contribution in [0, 0.1) is 5.92 Å². The molecule has 0 radical (unpaired) electrons. The Kier molecular flexibility index (Phi) is 6.72. The summed E-state index contributed by atoms with van der Waals surface area (Å²) in [5.41, 5.74) is 5.81. The zero-order chi connectivity index (χ0) is 18.4. The molecule has 25 heavy (non-hydrogen) atoms. The summed E-state index contributed by atoms with van der Waals surface area (Å²) in [6.45, 7) is 0.349. The second-order valence-corrected chi connectivity index (χ2v) is 8.77. The predicted molar refractivity (Wildman–Crippen MR) is 96.1 cm³/mol. The number of benzene rings is 1. The van der Waals surface area contributed by atoms with E-state index in [2.05, 4.69) is 5.32 Å². The van der Waals surface area contributed by atoms with Crippen LogP contribution in [0.1, 0.15) is 48.9 Å². The van der Waals surface area contributed by atoms with E-state index in [0.29, 0.717) is 24.9 Å². The fourth-order valence-electron chi connectivity index (χ4n) is 3.22. The van der Waals surface area contributed by atoms with Crippen molar-refractivity contribution in [2.75, 3.05) is 12.8 Å². The molecule has 1 aromatic carbocycles. The molecular weight excluding hydrogens is 340 g/mol. The zero-order valence-electron chi connectivity index (χ0n) is 14.5. The van der Waals surface area contributed by atoms with Crippen LogP contribution in [0.5, 0.6) is 0 Å². The molecule has 1 aromatic rings. The number of ketones is 1. The minimum Gasteiger partial charge on any atom is -0.353 e. The summed E-state index contributed by atoms with van der Waals surface area (Å²) in [6.07, 6.45) is 5.37. The van der Waals surface area contributed by atoms with Crippen molar-refractivity contribution in [3.63, 3.8) is 0 Å². The summed E-state index contributed by atoms with van der Waals surface area (Å²) in [4.78, 5) is 24.2. The molecule has 0 heterocycles. The molecule has 0 aliphatic heterocycles. The van der Waals surface area contributed by atoms with Gasteiger partial charge in [-0.3, -0.25) is 9.59 Å². The number of hydrogen-bond donors (Lipinski definition) is 2. The number of hydrogen-bond acceptors (Lipinski definition) is 5. The molecule has 0 aromatic heterocycles. The maximum Gasteiger partial charge on any atom is 0.221 e. The van der Waals surface area contributed by atoms with Crippen molar-refractivity contribution < 1.29 is 18.0 Å². The summed E-state index contributed by atoms with van der Waals surface area (Å²) in [6, 6.07) is 6.39. The third kappa shape index (κ3) is 5.93. The molecular formula is C18H26N2O4S. The van der Waals surface area contributed by atoms with E-state index in [1.807, 2.05) is 0 Å². The number of Topliss-reactive ketones (excluding diaryl/α,β-unsaturated/α-hetero) is 1. The van der Waals surface area contributed by atoms with Crippen LogP contribution in [0.25, 0.3) is 0 Å². The van der Waals surface area contributed by atoms with Crippen LogP contribution in [-0.4, -0.2) is 39.0 Å². The van der Waals surface area contributed by atoms with Crippen molar-refractivity contribution in [2.24, 2.45) is 11.7 Å². The number of nitrogens with one attached hydrogen (secondary N) is 1. The Morgan fingerprint density at radius 1 is 1.20 bits per heavy atom. The lowest BCUT2D eigenvalue weighted by Gasteiger charge is -2.28.